The number of nitrogens with one attached hydrogen (secondary N) is 1. The lowest BCUT2D eigenvalue weighted by Gasteiger charge is -2.41. The first kappa shape index (κ1) is 35.8. The van der Waals surface area contributed by atoms with Gasteiger partial charge in [-0.25, -0.2) is 13.9 Å². The molecule has 0 spiro atoms. The van der Waals surface area contributed by atoms with Crippen LogP contribution in [0.15, 0.2) is 61.2 Å². The fourth-order valence-electron chi connectivity index (χ4n) is 6.88. The number of rotatable bonds is 17. The number of ether oxygens (including phenoxy) is 2. The first-order chi connectivity index (χ1) is 26.6. The van der Waals surface area contributed by atoms with E-state index in [1.54, 1.807) is 55.0 Å². The maximum Gasteiger partial charge on any atom is 0.262 e. The van der Waals surface area contributed by atoms with Crippen LogP contribution < -0.4 is 20.7 Å². The van der Waals surface area contributed by atoms with Gasteiger partial charge in [0.1, 0.15) is 23.8 Å². The molecule has 1 saturated heterocycles. The molecule has 55 heavy (non-hydrogen) atoms. The van der Waals surface area contributed by atoms with Gasteiger partial charge in [-0.3, -0.25) is 28.8 Å². The Labute approximate surface area is 313 Å². The molecule has 1 saturated carbocycles. The summed E-state index contributed by atoms with van der Waals surface area (Å²) in [7, 11) is 0. The number of primary amides is 1. The third-order valence-corrected chi connectivity index (χ3v) is 10.0. The van der Waals surface area contributed by atoms with E-state index >= 15 is 4.39 Å². The number of amides is 4. The highest BCUT2D eigenvalue weighted by Gasteiger charge is 2.41. The van der Waals surface area contributed by atoms with E-state index in [4.69, 9.17) is 15.2 Å². The van der Waals surface area contributed by atoms with E-state index in [1.165, 1.54) is 15.4 Å². The summed E-state index contributed by atoms with van der Waals surface area (Å²) in [5, 5.41) is 12.4. The average Bonchev–Trinajstić information content (AvgIpc) is 3.67. The highest BCUT2D eigenvalue weighted by Crippen LogP contribution is 2.35. The minimum absolute atomic E-state index is 0.0353. The van der Waals surface area contributed by atoms with Crippen molar-refractivity contribution < 1.29 is 37.8 Å². The second kappa shape index (κ2) is 14.9. The molecule has 2 atom stereocenters. The molecule has 284 valence electrons. The van der Waals surface area contributed by atoms with Crippen LogP contribution in [0.1, 0.15) is 56.8 Å². The predicted molar refractivity (Wildman–Crippen MR) is 196 cm³/mol. The Balaban J connectivity index is 0.842. The molecule has 3 aromatic heterocycles. The molecule has 8 rings (SSSR count). The Kier molecular flexibility index (Phi) is 9.69. The van der Waals surface area contributed by atoms with Crippen molar-refractivity contribution in [1.29, 1.82) is 0 Å². The van der Waals surface area contributed by atoms with E-state index in [1.807, 2.05) is 4.90 Å². The molecule has 5 heterocycles. The van der Waals surface area contributed by atoms with Crippen LogP contribution in [0.4, 0.5) is 15.8 Å². The number of carbonyl (C=O) groups is 5. The van der Waals surface area contributed by atoms with Crippen molar-refractivity contribution in [2.75, 3.05) is 43.1 Å². The van der Waals surface area contributed by atoms with Gasteiger partial charge in [-0.2, -0.15) is 10.2 Å². The molecule has 3 N–H and O–H groups in total. The molecule has 3 aliphatic rings. The zero-order valence-corrected chi connectivity index (χ0v) is 29.7. The number of nitrogens with zero attached hydrogens (tertiary/aromatic N) is 7. The Morgan fingerprint density at radius 1 is 1.07 bits per heavy atom. The molecule has 5 aromatic rings. The SMILES string of the molecule is NC(=O)CCC(C=O)N1C(=O)c2ccc(N3CC(COC[C@H](F)Cn4cc5cc(NC(=O)c6cnn7cccnc67)c(OCC6CC6)cc5n4)C3)cc2C1=O. The lowest BCUT2D eigenvalue weighted by Crippen LogP contribution is -2.49. The number of imide groups is 1. The monoisotopic (exact) mass is 751 g/mol. The highest BCUT2D eigenvalue weighted by molar-refractivity contribution is 6.22. The van der Waals surface area contributed by atoms with Gasteiger partial charge in [0.2, 0.25) is 5.91 Å². The number of anilines is 2. The van der Waals surface area contributed by atoms with Crippen molar-refractivity contribution in [3.05, 3.63) is 77.9 Å². The first-order valence-electron chi connectivity index (χ1n) is 18.1. The zero-order valence-electron chi connectivity index (χ0n) is 29.7. The van der Waals surface area contributed by atoms with Crippen molar-refractivity contribution in [2.45, 2.75) is 44.4 Å². The van der Waals surface area contributed by atoms with Gasteiger partial charge in [0.05, 0.1) is 60.9 Å². The summed E-state index contributed by atoms with van der Waals surface area (Å²) in [4.78, 5) is 69.4. The van der Waals surface area contributed by atoms with Crippen LogP contribution in [-0.4, -0.2) is 104 Å². The summed E-state index contributed by atoms with van der Waals surface area (Å²) < 4.78 is 30.0. The van der Waals surface area contributed by atoms with Gasteiger partial charge < -0.3 is 30.2 Å². The van der Waals surface area contributed by atoms with Crippen LogP contribution >= 0.6 is 0 Å². The van der Waals surface area contributed by atoms with Crippen molar-refractivity contribution in [2.24, 2.45) is 17.6 Å². The fourth-order valence-corrected chi connectivity index (χ4v) is 6.88. The zero-order chi connectivity index (χ0) is 38.2. The number of halogens is 1. The van der Waals surface area contributed by atoms with Crippen molar-refractivity contribution in [3.8, 4) is 5.75 Å². The summed E-state index contributed by atoms with van der Waals surface area (Å²) in [5.74, 6) is -1.10. The number of carbonyl (C=O) groups excluding carboxylic acids is 5. The third-order valence-electron chi connectivity index (χ3n) is 10.0. The van der Waals surface area contributed by atoms with Crippen LogP contribution in [0, 0.1) is 11.8 Å². The number of fused-ring (bicyclic) bond motifs is 3. The molecule has 0 radical (unpaired) electrons. The van der Waals surface area contributed by atoms with Gasteiger partial charge in [-0.1, -0.05) is 0 Å². The minimum Gasteiger partial charge on any atom is -0.491 e. The molecular weight excluding hydrogens is 713 g/mol. The third kappa shape index (κ3) is 7.47. The van der Waals surface area contributed by atoms with Crippen LogP contribution in [-0.2, 0) is 20.9 Å². The number of aromatic nitrogens is 5. The Hall–Kier alpha value is -6.23. The standard InChI is InChI=1S/C38H38FN9O7/c39-25(21-54-19-23-14-45(15-23)26-4-6-28-29(11-26)38(53)48(37(28)52)27(18-49)5-7-34(40)50)17-46-16-24-10-32(33(12-31(24)44-46)55-20-22-2-3-22)43-36(51)30-13-42-47-9-1-8-41-35(30)47/h1,4,6,8-13,16,18,22-23,25,27H,2-3,5,7,14-15,17,19-21H2,(H2,40,50)(H,43,51)/t25-,27?/m1/s1. The molecule has 4 amide bonds. The van der Waals surface area contributed by atoms with E-state index in [0.29, 0.717) is 72.1 Å². The van der Waals surface area contributed by atoms with E-state index < -0.39 is 29.9 Å². The summed E-state index contributed by atoms with van der Waals surface area (Å²) in [6.45, 7) is 1.91. The molecule has 2 fully saturated rings. The predicted octanol–water partition coefficient (Wildman–Crippen LogP) is 3.04. The van der Waals surface area contributed by atoms with Crippen LogP contribution in [0.2, 0.25) is 0 Å². The van der Waals surface area contributed by atoms with Crippen LogP contribution in [0.3, 0.4) is 0 Å². The van der Waals surface area contributed by atoms with Gasteiger partial charge in [0, 0.05) is 61.2 Å². The van der Waals surface area contributed by atoms with Crippen molar-refractivity contribution in [1.82, 2.24) is 29.3 Å². The topological polar surface area (TPSA) is 196 Å². The second-order valence-corrected chi connectivity index (χ2v) is 14.2. The first-order valence-corrected chi connectivity index (χ1v) is 18.1. The average molecular weight is 752 g/mol. The fraction of sp³-hybridized carbons (Fsp3) is 0.368. The van der Waals surface area contributed by atoms with Crippen molar-refractivity contribution >= 4 is 57.8 Å². The Morgan fingerprint density at radius 2 is 1.89 bits per heavy atom. The van der Waals surface area contributed by atoms with E-state index in [0.717, 1.165) is 23.4 Å². The van der Waals surface area contributed by atoms with E-state index in [2.05, 4.69) is 20.5 Å². The number of nitrogens with two attached hydrogens (primary N) is 1. The maximum absolute atomic E-state index is 15.2. The van der Waals surface area contributed by atoms with Crippen LogP contribution in [0.5, 0.6) is 5.75 Å². The molecule has 2 aliphatic heterocycles. The second-order valence-electron chi connectivity index (χ2n) is 14.2. The van der Waals surface area contributed by atoms with Gasteiger partial charge in [0.15, 0.2) is 5.65 Å². The summed E-state index contributed by atoms with van der Waals surface area (Å²) >= 11 is 0. The number of hydrogen-bond donors (Lipinski definition) is 2. The maximum atomic E-state index is 15.2. The number of benzene rings is 2. The van der Waals surface area contributed by atoms with Crippen LogP contribution in [0.25, 0.3) is 16.6 Å². The Bertz CT molecular complexity index is 2320. The summed E-state index contributed by atoms with van der Waals surface area (Å²) in [6, 6.07) is 9.11. The molecular formula is C38H38FN9O7. The molecule has 2 aromatic carbocycles. The smallest absolute Gasteiger partial charge is 0.262 e. The Morgan fingerprint density at radius 3 is 2.67 bits per heavy atom. The van der Waals surface area contributed by atoms with Gasteiger partial charge in [-0.05, 0) is 55.5 Å². The highest BCUT2D eigenvalue weighted by atomic mass is 19.1. The quantitative estimate of drug-likeness (QED) is 0.105. The lowest BCUT2D eigenvalue weighted by atomic mass is 9.99. The minimum atomic E-state index is -1.33. The molecule has 1 aliphatic carbocycles. The number of aldehydes is 1. The number of alkyl halides is 1. The largest absolute Gasteiger partial charge is 0.491 e. The molecule has 16 nitrogen and oxygen atoms in total. The molecule has 17 heteroatoms. The molecule has 0 bridgehead atoms. The van der Waals surface area contributed by atoms with Gasteiger partial charge in [0.25, 0.3) is 17.7 Å². The summed E-state index contributed by atoms with van der Waals surface area (Å²) in [6.07, 6.45) is 7.65. The molecule has 1 unspecified atom stereocenters. The number of hydrogen-bond acceptors (Lipinski definition) is 11. The van der Waals surface area contributed by atoms with Gasteiger partial charge in [-0.15, -0.1) is 0 Å². The van der Waals surface area contributed by atoms with E-state index in [9.17, 15) is 24.0 Å². The van der Waals surface area contributed by atoms with E-state index in [-0.39, 0.29) is 48.9 Å². The summed E-state index contributed by atoms with van der Waals surface area (Å²) in [5.41, 5.74) is 8.12. The van der Waals surface area contributed by atoms with Crippen molar-refractivity contribution in [3.63, 3.8) is 0 Å². The lowest BCUT2D eigenvalue weighted by molar-refractivity contribution is -0.118. The van der Waals surface area contributed by atoms with Gasteiger partial charge >= 0.3 is 0 Å². The normalized spacial score (nSPS) is 16.7.